The molecule has 0 heterocycles. The maximum atomic E-state index is 10.8. The number of primary amides is 1. The number of carbonyl (C=O) groups is 1. The first-order valence-corrected chi connectivity index (χ1v) is 6.12. The Bertz CT molecular complexity index is 181. The van der Waals surface area contributed by atoms with E-state index in [0.717, 1.165) is 12.8 Å². The average molecular weight is 213 g/mol. The lowest BCUT2D eigenvalue weighted by atomic mass is 9.89. The summed E-state index contributed by atoms with van der Waals surface area (Å²) in [6.07, 6.45) is 7.18. The fraction of sp³-hybridized carbons (Fsp3) is 0.923. The molecule has 0 saturated heterocycles. The molecule has 0 saturated carbocycles. The molecular formula is C13H27NO. The van der Waals surface area contributed by atoms with Crippen molar-refractivity contribution in [3.8, 4) is 0 Å². The standard InChI is InChI=1S/C13H27NO/c1-11(12(14)15)9-7-5-6-8-10-13(2,3)4/h11H,5-10H2,1-4H3,(H2,14,15). The van der Waals surface area contributed by atoms with Crippen molar-refractivity contribution in [2.45, 2.75) is 66.2 Å². The van der Waals surface area contributed by atoms with Crippen LogP contribution in [0.4, 0.5) is 0 Å². The molecule has 2 heteroatoms. The minimum Gasteiger partial charge on any atom is -0.369 e. The lowest BCUT2D eigenvalue weighted by molar-refractivity contribution is -0.121. The van der Waals surface area contributed by atoms with Gasteiger partial charge in [-0.1, -0.05) is 53.4 Å². The number of carbonyl (C=O) groups excluding carboxylic acids is 1. The van der Waals surface area contributed by atoms with Gasteiger partial charge in [-0.3, -0.25) is 4.79 Å². The molecule has 0 radical (unpaired) electrons. The molecule has 0 aromatic rings. The second-order valence-electron chi connectivity index (χ2n) is 5.82. The van der Waals surface area contributed by atoms with E-state index in [4.69, 9.17) is 5.73 Å². The van der Waals surface area contributed by atoms with E-state index >= 15 is 0 Å². The third-order valence-corrected chi connectivity index (χ3v) is 2.80. The summed E-state index contributed by atoms with van der Waals surface area (Å²) in [5.74, 6) is -0.114. The highest BCUT2D eigenvalue weighted by Gasteiger charge is 2.10. The lowest BCUT2D eigenvalue weighted by Gasteiger charge is -2.17. The quantitative estimate of drug-likeness (QED) is 0.646. The first kappa shape index (κ1) is 14.5. The Hall–Kier alpha value is -0.530. The molecule has 1 unspecified atom stereocenters. The molecule has 0 aliphatic carbocycles. The summed E-state index contributed by atoms with van der Waals surface area (Å²) in [5, 5.41) is 0. The number of nitrogens with two attached hydrogens (primary N) is 1. The van der Waals surface area contributed by atoms with E-state index in [1.165, 1.54) is 25.7 Å². The molecule has 0 aromatic carbocycles. The second kappa shape index (κ2) is 6.86. The first-order valence-electron chi connectivity index (χ1n) is 6.12. The topological polar surface area (TPSA) is 43.1 Å². The monoisotopic (exact) mass is 213 g/mol. The Kier molecular flexibility index (Phi) is 6.62. The molecule has 0 aliphatic heterocycles. The van der Waals surface area contributed by atoms with Crippen LogP contribution in [0.5, 0.6) is 0 Å². The smallest absolute Gasteiger partial charge is 0.220 e. The van der Waals surface area contributed by atoms with Gasteiger partial charge >= 0.3 is 0 Å². The number of hydrogen-bond donors (Lipinski definition) is 1. The van der Waals surface area contributed by atoms with Crippen LogP contribution in [-0.2, 0) is 4.79 Å². The average Bonchev–Trinajstić information content (AvgIpc) is 2.08. The van der Waals surface area contributed by atoms with Crippen LogP contribution in [0.3, 0.4) is 0 Å². The summed E-state index contributed by atoms with van der Waals surface area (Å²) in [6, 6.07) is 0. The fourth-order valence-electron chi connectivity index (χ4n) is 1.60. The van der Waals surface area contributed by atoms with Crippen molar-refractivity contribution in [2.24, 2.45) is 17.1 Å². The van der Waals surface area contributed by atoms with Gasteiger partial charge in [-0.15, -0.1) is 0 Å². The van der Waals surface area contributed by atoms with Crippen molar-refractivity contribution in [1.82, 2.24) is 0 Å². The predicted octanol–water partition coefficient (Wildman–Crippen LogP) is 3.49. The van der Waals surface area contributed by atoms with Crippen LogP contribution in [0.2, 0.25) is 0 Å². The van der Waals surface area contributed by atoms with Gasteiger partial charge in [0.1, 0.15) is 0 Å². The Morgan fingerprint density at radius 3 is 2.13 bits per heavy atom. The Morgan fingerprint density at radius 1 is 1.13 bits per heavy atom. The molecule has 15 heavy (non-hydrogen) atoms. The number of hydrogen-bond acceptors (Lipinski definition) is 1. The highest BCUT2D eigenvalue weighted by atomic mass is 16.1. The van der Waals surface area contributed by atoms with Crippen LogP contribution in [0.15, 0.2) is 0 Å². The van der Waals surface area contributed by atoms with Crippen molar-refractivity contribution in [2.75, 3.05) is 0 Å². The first-order chi connectivity index (χ1) is 6.83. The highest BCUT2D eigenvalue weighted by molar-refractivity contribution is 5.76. The van der Waals surface area contributed by atoms with E-state index in [9.17, 15) is 4.79 Å². The van der Waals surface area contributed by atoms with Gasteiger partial charge in [0, 0.05) is 5.92 Å². The van der Waals surface area contributed by atoms with Crippen LogP contribution < -0.4 is 5.73 Å². The Balaban J connectivity index is 3.29. The second-order valence-corrected chi connectivity index (χ2v) is 5.82. The molecule has 1 atom stereocenters. The van der Waals surface area contributed by atoms with Crippen LogP contribution in [-0.4, -0.2) is 5.91 Å². The van der Waals surface area contributed by atoms with Crippen LogP contribution in [0, 0.1) is 11.3 Å². The van der Waals surface area contributed by atoms with Gasteiger partial charge in [-0.05, 0) is 18.3 Å². The van der Waals surface area contributed by atoms with E-state index in [-0.39, 0.29) is 11.8 Å². The van der Waals surface area contributed by atoms with Crippen molar-refractivity contribution < 1.29 is 4.79 Å². The Morgan fingerprint density at radius 2 is 1.67 bits per heavy atom. The minimum absolute atomic E-state index is 0.0487. The van der Waals surface area contributed by atoms with E-state index in [0.29, 0.717) is 5.41 Å². The summed E-state index contributed by atoms with van der Waals surface area (Å²) >= 11 is 0. The number of rotatable bonds is 7. The van der Waals surface area contributed by atoms with Crippen LogP contribution in [0.25, 0.3) is 0 Å². The van der Waals surface area contributed by atoms with E-state index in [2.05, 4.69) is 20.8 Å². The van der Waals surface area contributed by atoms with Crippen LogP contribution in [0.1, 0.15) is 66.2 Å². The Labute approximate surface area is 94.6 Å². The third kappa shape index (κ3) is 9.77. The summed E-state index contributed by atoms with van der Waals surface area (Å²) in [6.45, 7) is 8.75. The SMILES string of the molecule is CC(CCCCCCC(C)(C)C)C(N)=O. The van der Waals surface area contributed by atoms with Gasteiger partial charge in [-0.2, -0.15) is 0 Å². The van der Waals surface area contributed by atoms with Crippen molar-refractivity contribution in [3.63, 3.8) is 0 Å². The molecule has 1 amide bonds. The largest absolute Gasteiger partial charge is 0.369 e. The minimum atomic E-state index is -0.162. The molecule has 90 valence electrons. The summed E-state index contributed by atoms with van der Waals surface area (Å²) in [7, 11) is 0. The third-order valence-electron chi connectivity index (χ3n) is 2.80. The van der Waals surface area contributed by atoms with Gasteiger partial charge in [0.05, 0.1) is 0 Å². The fourth-order valence-corrected chi connectivity index (χ4v) is 1.60. The molecule has 2 N–H and O–H groups in total. The van der Waals surface area contributed by atoms with Gasteiger partial charge < -0.3 is 5.73 Å². The molecule has 0 bridgehead atoms. The zero-order chi connectivity index (χ0) is 11.9. The molecule has 0 aliphatic rings. The summed E-state index contributed by atoms with van der Waals surface area (Å²) in [5.41, 5.74) is 5.65. The lowest BCUT2D eigenvalue weighted by Crippen LogP contribution is -2.20. The number of amides is 1. The van der Waals surface area contributed by atoms with Crippen molar-refractivity contribution in [1.29, 1.82) is 0 Å². The molecule has 0 rings (SSSR count). The van der Waals surface area contributed by atoms with E-state index < -0.39 is 0 Å². The maximum Gasteiger partial charge on any atom is 0.220 e. The van der Waals surface area contributed by atoms with Crippen molar-refractivity contribution in [3.05, 3.63) is 0 Å². The highest BCUT2D eigenvalue weighted by Crippen LogP contribution is 2.22. The van der Waals surface area contributed by atoms with Gasteiger partial charge in [0.15, 0.2) is 0 Å². The van der Waals surface area contributed by atoms with Gasteiger partial charge in [0.25, 0.3) is 0 Å². The molecule has 2 nitrogen and oxygen atoms in total. The molecular weight excluding hydrogens is 186 g/mol. The van der Waals surface area contributed by atoms with Gasteiger partial charge in [-0.25, -0.2) is 0 Å². The van der Waals surface area contributed by atoms with Crippen molar-refractivity contribution >= 4 is 5.91 Å². The molecule has 0 spiro atoms. The van der Waals surface area contributed by atoms with E-state index in [1.54, 1.807) is 0 Å². The predicted molar refractivity (Wildman–Crippen MR) is 65.5 cm³/mol. The van der Waals surface area contributed by atoms with E-state index in [1.807, 2.05) is 6.92 Å². The summed E-state index contributed by atoms with van der Waals surface area (Å²) in [4.78, 5) is 10.8. The number of unbranched alkanes of at least 4 members (excludes halogenated alkanes) is 3. The summed E-state index contributed by atoms with van der Waals surface area (Å²) < 4.78 is 0. The molecule has 0 aromatic heterocycles. The van der Waals surface area contributed by atoms with Crippen LogP contribution >= 0.6 is 0 Å². The zero-order valence-electron chi connectivity index (χ0n) is 10.8. The zero-order valence-corrected chi connectivity index (χ0v) is 10.8. The van der Waals surface area contributed by atoms with Gasteiger partial charge in [0.2, 0.25) is 5.91 Å². The molecule has 0 fully saturated rings. The normalized spacial score (nSPS) is 13.9. The maximum absolute atomic E-state index is 10.8.